The molecule has 1 atom stereocenters. The Kier molecular flexibility index (Phi) is 4.29. The molecular weight excluding hydrogens is 184 g/mol. The van der Waals surface area contributed by atoms with E-state index in [9.17, 15) is 0 Å². The second kappa shape index (κ2) is 5.28. The highest BCUT2D eigenvalue weighted by atomic mass is 35.5. The number of hydrogen-bond donors (Lipinski definition) is 0. The predicted octanol–water partition coefficient (Wildman–Crippen LogP) is 2.11. The van der Waals surface area contributed by atoms with Crippen molar-refractivity contribution in [1.29, 1.82) is 0 Å². The Morgan fingerprint density at radius 3 is 2.85 bits per heavy atom. The summed E-state index contributed by atoms with van der Waals surface area (Å²) in [6.45, 7) is 3.11. The van der Waals surface area contributed by atoms with Gasteiger partial charge in [0.25, 0.3) is 0 Å². The number of aromatic nitrogens is 2. The molecule has 0 radical (unpaired) electrons. The fourth-order valence-electron chi connectivity index (χ4n) is 1.36. The van der Waals surface area contributed by atoms with Crippen LogP contribution in [0.1, 0.15) is 26.2 Å². The lowest BCUT2D eigenvalue weighted by molar-refractivity contribution is -0.671. The van der Waals surface area contributed by atoms with Gasteiger partial charge in [-0.05, 0) is 6.42 Å². The topological polar surface area (TPSA) is 8.81 Å². The van der Waals surface area contributed by atoms with Crippen LogP contribution in [0.15, 0.2) is 18.7 Å². The first-order valence-electron chi connectivity index (χ1n) is 4.87. The van der Waals surface area contributed by atoms with E-state index in [0.717, 1.165) is 13.0 Å². The lowest BCUT2D eigenvalue weighted by Crippen LogP contribution is -2.24. The molecule has 0 aliphatic carbocycles. The molecule has 0 spiro atoms. The molecule has 1 unspecified atom stereocenters. The van der Waals surface area contributed by atoms with Crippen LogP contribution < -0.4 is 4.57 Å². The zero-order chi connectivity index (χ0) is 9.68. The summed E-state index contributed by atoms with van der Waals surface area (Å²) in [6.07, 6.45) is 9.70. The SMILES string of the molecule is CCCCC(Cl)Cn1cc[n+](C)c1. The summed E-state index contributed by atoms with van der Waals surface area (Å²) < 4.78 is 4.16. The van der Waals surface area contributed by atoms with Crippen molar-refractivity contribution in [2.45, 2.75) is 38.1 Å². The van der Waals surface area contributed by atoms with E-state index in [2.05, 4.69) is 24.0 Å². The van der Waals surface area contributed by atoms with Gasteiger partial charge in [0.2, 0.25) is 6.33 Å². The maximum Gasteiger partial charge on any atom is 0.243 e. The Bertz CT molecular complexity index is 245. The molecule has 0 saturated heterocycles. The smallest absolute Gasteiger partial charge is 0.240 e. The standard InChI is InChI=1S/C10H18ClN2/c1-3-4-5-10(11)8-13-7-6-12(2)9-13/h6-7,9-10H,3-5,8H2,1-2H3/q+1. The van der Waals surface area contributed by atoms with Gasteiger partial charge in [0.15, 0.2) is 0 Å². The molecular formula is C10H18ClN2+. The van der Waals surface area contributed by atoms with Crippen LogP contribution in [0.4, 0.5) is 0 Å². The molecule has 0 aliphatic rings. The van der Waals surface area contributed by atoms with Gasteiger partial charge in [-0.2, -0.15) is 0 Å². The normalized spacial score (nSPS) is 13.2. The van der Waals surface area contributed by atoms with Gasteiger partial charge < -0.3 is 0 Å². The Morgan fingerprint density at radius 1 is 1.54 bits per heavy atom. The fraction of sp³-hybridized carbons (Fsp3) is 0.700. The van der Waals surface area contributed by atoms with Crippen LogP contribution in [0.2, 0.25) is 0 Å². The molecule has 1 heterocycles. The Balaban J connectivity index is 2.31. The van der Waals surface area contributed by atoms with Crippen LogP contribution in [-0.2, 0) is 13.6 Å². The van der Waals surface area contributed by atoms with Crippen molar-refractivity contribution >= 4 is 11.6 Å². The van der Waals surface area contributed by atoms with E-state index >= 15 is 0 Å². The van der Waals surface area contributed by atoms with Crippen LogP contribution in [0.25, 0.3) is 0 Å². The molecule has 1 aromatic heterocycles. The summed E-state index contributed by atoms with van der Waals surface area (Å²) in [5.74, 6) is 0. The number of nitrogens with zero attached hydrogens (tertiary/aromatic N) is 2. The zero-order valence-corrected chi connectivity index (χ0v) is 9.17. The molecule has 13 heavy (non-hydrogen) atoms. The van der Waals surface area contributed by atoms with E-state index in [4.69, 9.17) is 11.6 Å². The molecule has 74 valence electrons. The van der Waals surface area contributed by atoms with Crippen molar-refractivity contribution in [2.75, 3.05) is 0 Å². The molecule has 0 bridgehead atoms. The second-order valence-corrected chi connectivity index (χ2v) is 4.13. The van der Waals surface area contributed by atoms with Crippen LogP contribution in [0.3, 0.4) is 0 Å². The third-order valence-electron chi connectivity index (χ3n) is 2.10. The summed E-state index contributed by atoms with van der Waals surface area (Å²) >= 11 is 6.17. The summed E-state index contributed by atoms with van der Waals surface area (Å²) in [5.41, 5.74) is 0. The maximum absolute atomic E-state index is 6.17. The number of aryl methyl sites for hydroxylation is 1. The van der Waals surface area contributed by atoms with E-state index in [-0.39, 0.29) is 5.38 Å². The minimum atomic E-state index is 0.271. The van der Waals surface area contributed by atoms with E-state index in [1.54, 1.807) is 0 Å². The highest BCUT2D eigenvalue weighted by molar-refractivity contribution is 6.20. The molecule has 2 nitrogen and oxygen atoms in total. The molecule has 0 amide bonds. The Labute approximate surface area is 85.1 Å². The van der Waals surface area contributed by atoms with Gasteiger partial charge in [-0.25, -0.2) is 9.13 Å². The van der Waals surface area contributed by atoms with E-state index in [1.807, 2.05) is 17.8 Å². The minimum absolute atomic E-state index is 0.271. The number of imidazole rings is 1. The maximum atomic E-state index is 6.17. The molecule has 3 heteroatoms. The van der Waals surface area contributed by atoms with Crippen LogP contribution in [-0.4, -0.2) is 9.94 Å². The minimum Gasteiger partial charge on any atom is -0.240 e. The quantitative estimate of drug-likeness (QED) is 0.510. The Hall–Kier alpha value is -0.500. The third-order valence-corrected chi connectivity index (χ3v) is 2.46. The van der Waals surface area contributed by atoms with Gasteiger partial charge in [-0.1, -0.05) is 19.8 Å². The van der Waals surface area contributed by atoms with Crippen molar-refractivity contribution < 1.29 is 4.57 Å². The van der Waals surface area contributed by atoms with E-state index in [1.165, 1.54) is 12.8 Å². The molecule has 0 saturated carbocycles. The van der Waals surface area contributed by atoms with E-state index in [0.29, 0.717) is 0 Å². The molecule has 0 aliphatic heterocycles. The van der Waals surface area contributed by atoms with Crippen molar-refractivity contribution in [3.8, 4) is 0 Å². The highest BCUT2D eigenvalue weighted by Gasteiger charge is 2.08. The van der Waals surface area contributed by atoms with Crippen molar-refractivity contribution in [1.82, 2.24) is 4.57 Å². The third kappa shape index (κ3) is 3.81. The van der Waals surface area contributed by atoms with Gasteiger partial charge in [0.1, 0.15) is 18.9 Å². The van der Waals surface area contributed by atoms with E-state index < -0.39 is 0 Å². The number of rotatable bonds is 5. The molecule has 0 aromatic carbocycles. The first kappa shape index (κ1) is 10.6. The largest absolute Gasteiger partial charge is 0.243 e. The van der Waals surface area contributed by atoms with Gasteiger partial charge in [0.05, 0.1) is 12.4 Å². The van der Waals surface area contributed by atoms with Gasteiger partial charge in [0, 0.05) is 0 Å². The number of halogens is 1. The molecule has 1 aromatic rings. The molecule has 0 N–H and O–H groups in total. The molecule has 0 fully saturated rings. The van der Waals surface area contributed by atoms with Gasteiger partial charge in [-0.3, -0.25) is 0 Å². The van der Waals surface area contributed by atoms with Crippen molar-refractivity contribution in [2.24, 2.45) is 7.05 Å². The average molecular weight is 202 g/mol. The van der Waals surface area contributed by atoms with Crippen molar-refractivity contribution in [3.63, 3.8) is 0 Å². The second-order valence-electron chi connectivity index (χ2n) is 3.52. The first-order chi connectivity index (χ1) is 6.22. The molecule has 1 rings (SSSR count). The van der Waals surface area contributed by atoms with Gasteiger partial charge >= 0.3 is 0 Å². The first-order valence-corrected chi connectivity index (χ1v) is 5.31. The lowest BCUT2D eigenvalue weighted by atomic mass is 10.2. The Morgan fingerprint density at radius 2 is 2.31 bits per heavy atom. The summed E-state index contributed by atoms with van der Waals surface area (Å²) in [7, 11) is 2.02. The summed E-state index contributed by atoms with van der Waals surface area (Å²) in [4.78, 5) is 0. The predicted molar refractivity (Wildman–Crippen MR) is 54.8 cm³/mol. The van der Waals surface area contributed by atoms with Crippen molar-refractivity contribution in [3.05, 3.63) is 18.7 Å². The number of unbranched alkanes of at least 4 members (excludes halogenated alkanes) is 1. The van der Waals surface area contributed by atoms with Crippen LogP contribution in [0, 0.1) is 0 Å². The lowest BCUT2D eigenvalue weighted by Gasteiger charge is -2.04. The summed E-state index contributed by atoms with van der Waals surface area (Å²) in [6, 6.07) is 0. The van der Waals surface area contributed by atoms with Crippen LogP contribution in [0.5, 0.6) is 0 Å². The number of hydrogen-bond acceptors (Lipinski definition) is 0. The summed E-state index contributed by atoms with van der Waals surface area (Å²) in [5, 5.41) is 0.271. The monoisotopic (exact) mass is 201 g/mol. The number of alkyl halides is 1. The zero-order valence-electron chi connectivity index (χ0n) is 8.41. The average Bonchev–Trinajstić information content (AvgIpc) is 2.48. The van der Waals surface area contributed by atoms with Gasteiger partial charge in [-0.15, -0.1) is 11.6 Å². The fourth-order valence-corrected chi connectivity index (χ4v) is 1.67. The van der Waals surface area contributed by atoms with Crippen LogP contribution >= 0.6 is 11.6 Å². The highest BCUT2D eigenvalue weighted by Crippen LogP contribution is 2.09.